The molecule has 1 heterocycles. The van der Waals surface area contributed by atoms with E-state index in [2.05, 4.69) is 4.90 Å². The van der Waals surface area contributed by atoms with Crippen LogP contribution in [0.4, 0.5) is 0 Å². The van der Waals surface area contributed by atoms with Gasteiger partial charge in [-0.1, -0.05) is 11.6 Å². The van der Waals surface area contributed by atoms with Crippen LogP contribution in [-0.2, 0) is 6.54 Å². The average molecular weight is 288 g/mol. The lowest BCUT2D eigenvalue weighted by atomic mass is 10.1. The Morgan fingerprint density at radius 3 is 3.00 bits per heavy atom. The smallest absolute Gasteiger partial charge is 0.123 e. The van der Waals surface area contributed by atoms with E-state index in [1.807, 2.05) is 18.2 Å². The van der Waals surface area contributed by atoms with Crippen molar-refractivity contribution in [2.45, 2.75) is 19.4 Å². The van der Waals surface area contributed by atoms with Gasteiger partial charge in [0.05, 0.1) is 7.11 Å². The summed E-state index contributed by atoms with van der Waals surface area (Å²) in [6, 6.07) is 5.80. The van der Waals surface area contributed by atoms with Crippen molar-refractivity contribution in [2.24, 2.45) is 5.92 Å². The van der Waals surface area contributed by atoms with Gasteiger partial charge in [0.15, 0.2) is 0 Å². The molecule has 1 fully saturated rings. The first-order chi connectivity index (χ1) is 8.72. The summed E-state index contributed by atoms with van der Waals surface area (Å²) in [6.07, 6.45) is 2.36. The Kier molecular flexibility index (Phi) is 5.16. The van der Waals surface area contributed by atoms with Crippen molar-refractivity contribution < 1.29 is 4.74 Å². The highest BCUT2D eigenvalue weighted by Gasteiger charge is 2.22. The molecular weight excluding hydrogens is 269 g/mol. The van der Waals surface area contributed by atoms with Gasteiger partial charge in [-0.05, 0) is 43.5 Å². The number of likely N-dealkylation sites (tertiary alicyclic amines) is 1. The van der Waals surface area contributed by atoms with Crippen molar-refractivity contribution in [3.63, 3.8) is 0 Å². The number of alkyl halides is 1. The summed E-state index contributed by atoms with van der Waals surface area (Å²) >= 11 is 11.8. The first kappa shape index (κ1) is 14.0. The summed E-state index contributed by atoms with van der Waals surface area (Å²) in [5, 5.41) is 0.766. The molecule has 2 rings (SSSR count). The third kappa shape index (κ3) is 3.53. The quantitative estimate of drug-likeness (QED) is 0.764. The minimum atomic E-state index is 0.743. The lowest BCUT2D eigenvalue weighted by Crippen LogP contribution is -2.20. The predicted molar refractivity (Wildman–Crippen MR) is 76.7 cm³/mol. The predicted octanol–water partition coefficient (Wildman–Crippen LogP) is 3.80. The van der Waals surface area contributed by atoms with Gasteiger partial charge in [-0.25, -0.2) is 0 Å². The van der Waals surface area contributed by atoms with E-state index in [9.17, 15) is 0 Å². The Bertz CT molecular complexity index is 397. The minimum Gasteiger partial charge on any atom is -0.496 e. The molecule has 1 saturated heterocycles. The molecule has 0 amide bonds. The molecule has 0 bridgehead atoms. The van der Waals surface area contributed by atoms with Gasteiger partial charge in [-0.3, -0.25) is 4.90 Å². The fourth-order valence-electron chi connectivity index (χ4n) is 2.56. The van der Waals surface area contributed by atoms with Crippen LogP contribution in [-0.4, -0.2) is 31.0 Å². The highest BCUT2D eigenvalue weighted by Crippen LogP contribution is 2.27. The Morgan fingerprint density at radius 1 is 1.44 bits per heavy atom. The minimum absolute atomic E-state index is 0.743. The van der Waals surface area contributed by atoms with E-state index in [0.29, 0.717) is 0 Å². The Labute approximate surface area is 119 Å². The molecule has 1 atom stereocenters. The normalized spacial score (nSPS) is 20.3. The zero-order valence-electron chi connectivity index (χ0n) is 10.7. The summed E-state index contributed by atoms with van der Waals surface area (Å²) in [5.41, 5.74) is 1.16. The number of nitrogens with zero attached hydrogens (tertiary/aromatic N) is 1. The van der Waals surface area contributed by atoms with Gasteiger partial charge in [0.25, 0.3) is 0 Å². The van der Waals surface area contributed by atoms with Gasteiger partial charge >= 0.3 is 0 Å². The van der Waals surface area contributed by atoms with Crippen molar-refractivity contribution in [1.29, 1.82) is 0 Å². The zero-order chi connectivity index (χ0) is 13.0. The fourth-order valence-corrected chi connectivity index (χ4v) is 3.06. The molecule has 0 N–H and O–H groups in total. The molecule has 0 spiro atoms. The van der Waals surface area contributed by atoms with Gasteiger partial charge in [0.1, 0.15) is 5.75 Å². The average Bonchev–Trinajstić information content (AvgIpc) is 2.77. The number of hydrogen-bond donors (Lipinski definition) is 0. The number of rotatable bonds is 5. The molecule has 0 aromatic heterocycles. The van der Waals surface area contributed by atoms with Crippen LogP contribution in [0.3, 0.4) is 0 Å². The summed E-state index contributed by atoms with van der Waals surface area (Å²) in [4.78, 5) is 2.45. The van der Waals surface area contributed by atoms with E-state index < -0.39 is 0 Å². The van der Waals surface area contributed by atoms with Crippen LogP contribution in [0.1, 0.15) is 18.4 Å². The van der Waals surface area contributed by atoms with Gasteiger partial charge in [0, 0.05) is 29.6 Å². The first-order valence-corrected chi connectivity index (χ1v) is 7.25. The molecule has 0 radical (unpaired) electrons. The van der Waals surface area contributed by atoms with Crippen molar-refractivity contribution in [2.75, 3.05) is 26.1 Å². The SMILES string of the molecule is COc1ccc(Cl)cc1CN1CCC(CCCl)C1. The number of hydrogen-bond acceptors (Lipinski definition) is 2. The van der Waals surface area contributed by atoms with E-state index in [1.54, 1.807) is 7.11 Å². The largest absolute Gasteiger partial charge is 0.496 e. The number of benzene rings is 1. The van der Waals surface area contributed by atoms with Gasteiger partial charge in [0.2, 0.25) is 0 Å². The van der Waals surface area contributed by atoms with Crippen LogP contribution in [0.2, 0.25) is 5.02 Å². The molecule has 1 unspecified atom stereocenters. The van der Waals surface area contributed by atoms with Crippen LogP contribution in [0.5, 0.6) is 5.75 Å². The van der Waals surface area contributed by atoms with E-state index >= 15 is 0 Å². The van der Waals surface area contributed by atoms with Crippen molar-refractivity contribution in [1.82, 2.24) is 4.90 Å². The molecule has 1 aliphatic rings. The van der Waals surface area contributed by atoms with Gasteiger partial charge in [-0.2, -0.15) is 0 Å². The molecule has 4 heteroatoms. The summed E-state index contributed by atoms with van der Waals surface area (Å²) in [5.74, 6) is 2.42. The molecule has 18 heavy (non-hydrogen) atoms. The van der Waals surface area contributed by atoms with Crippen molar-refractivity contribution in [3.8, 4) is 5.75 Å². The van der Waals surface area contributed by atoms with Crippen LogP contribution in [0.25, 0.3) is 0 Å². The zero-order valence-corrected chi connectivity index (χ0v) is 12.2. The monoisotopic (exact) mass is 287 g/mol. The number of halogens is 2. The Morgan fingerprint density at radius 2 is 2.28 bits per heavy atom. The topological polar surface area (TPSA) is 12.5 Å². The second kappa shape index (κ2) is 6.65. The molecule has 0 aliphatic carbocycles. The summed E-state index contributed by atoms with van der Waals surface area (Å²) < 4.78 is 5.38. The highest BCUT2D eigenvalue weighted by molar-refractivity contribution is 6.30. The summed E-state index contributed by atoms with van der Waals surface area (Å²) in [6.45, 7) is 3.17. The maximum absolute atomic E-state index is 6.05. The molecular formula is C14H19Cl2NO. The number of methoxy groups -OCH3 is 1. The van der Waals surface area contributed by atoms with Gasteiger partial charge < -0.3 is 4.74 Å². The van der Waals surface area contributed by atoms with Gasteiger partial charge in [-0.15, -0.1) is 11.6 Å². The van der Waals surface area contributed by atoms with E-state index in [1.165, 1.54) is 6.42 Å². The first-order valence-electron chi connectivity index (χ1n) is 6.33. The highest BCUT2D eigenvalue weighted by atomic mass is 35.5. The molecule has 0 saturated carbocycles. The van der Waals surface area contributed by atoms with Crippen LogP contribution >= 0.6 is 23.2 Å². The lowest BCUT2D eigenvalue weighted by Gasteiger charge is -2.18. The molecule has 1 aliphatic heterocycles. The molecule has 100 valence electrons. The second-order valence-electron chi connectivity index (χ2n) is 4.82. The molecule has 1 aromatic rings. The Balaban J connectivity index is 1.99. The van der Waals surface area contributed by atoms with Crippen LogP contribution in [0.15, 0.2) is 18.2 Å². The van der Waals surface area contributed by atoms with Crippen molar-refractivity contribution in [3.05, 3.63) is 28.8 Å². The third-order valence-corrected chi connectivity index (χ3v) is 3.98. The van der Waals surface area contributed by atoms with Crippen LogP contribution < -0.4 is 4.74 Å². The van der Waals surface area contributed by atoms with Crippen LogP contribution in [0, 0.1) is 5.92 Å². The van der Waals surface area contributed by atoms with Crippen molar-refractivity contribution >= 4 is 23.2 Å². The van der Waals surface area contributed by atoms with E-state index in [4.69, 9.17) is 27.9 Å². The van der Waals surface area contributed by atoms with E-state index in [0.717, 1.165) is 54.2 Å². The fraction of sp³-hybridized carbons (Fsp3) is 0.571. The standard InChI is InChI=1S/C14H19Cl2NO/c1-18-14-3-2-13(16)8-12(14)10-17-7-5-11(9-17)4-6-15/h2-3,8,11H,4-7,9-10H2,1H3. The van der Waals surface area contributed by atoms with E-state index in [-0.39, 0.29) is 0 Å². The second-order valence-corrected chi connectivity index (χ2v) is 5.64. The Hall–Kier alpha value is -0.440. The number of ether oxygens (including phenoxy) is 1. The third-order valence-electron chi connectivity index (χ3n) is 3.52. The molecule has 1 aromatic carbocycles. The molecule has 2 nitrogen and oxygen atoms in total. The maximum atomic E-state index is 6.05. The summed E-state index contributed by atoms with van der Waals surface area (Å²) in [7, 11) is 1.70. The lowest BCUT2D eigenvalue weighted by molar-refractivity contribution is 0.307. The maximum Gasteiger partial charge on any atom is 0.123 e.